The maximum atomic E-state index is 12.4. The molecule has 4 nitrogen and oxygen atoms in total. The number of pyridine rings is 1. The average Bonchev–Trinajstić information content (AvgIpc) is 2.55. The van der Waals surface area contributed by atoms with Gasteiger partial charge in [-0.2, -0.15) is 0 Å². The van der Waals surface area contributed by atoms with Crippen LogP contribution in [0.15, 0.2) is 59.4 Å². The van der Waals surface area contributed by atoms with Crippen molar-refractivity contribution in [2.24, 2.45) is 0 Å². The molecule has 0 radical (unpaired) electrons. The largest absolute Gasteiger partial charge is 0.291 e. The van der Waals surface area contributed by atoms with Crippen molar-refractivity contribution >= 4 is 5.65 Å². The molecule has 0 aliphatic rings. The lowest BCUT2D eigenvalue weighted by Crippen LogP contribution is -2.38. The lowest BCUT2D eigenvalue weighted by molar-refractivity contribution is 0.146. The van der Waals surface area contributed by atoms with Crippen molar-refractivity contribution in [2.75, 3.05) is 7.05 Å². The van der Waals surface area contributed by atoms with Crippen molar-refractivity contribution in [1.29, 1.82) is 0 Å². The molecule has 0 unspecified atom stereocenters. The summed E-state index contributed by atoms with van der Waals surface area (Å²) in [4.78, 5) is 19.3. The number of hydrogen-bond donors (Lipinski definition) is 0. The molecule has 0 N–H and O–H groups in total. The highest BCUT2D eigenvalue weighted by molar-refractivity contribution is 5.40. The molecule has 0 aliphatic heterocycles. The molecule has 124 valence electrons. The van der Waals surface area contributed by atoms with Crippen LogP contribution in [0.25, 0.3) is 5.65 Å². The van der Waals surface area contributed by atoms with Crippen LogP contribution in [-0.2, 0) is 12.1 Å². The highest BCUT2D eigenvalue weighted by atomic mass is 16.1. The zero-order valence-corrected chi connectivity index (χ0v) is 14.7. The minimum atomic E-state index is -0.152. The quantitative estimate of drug-likeness (QED) is 0.739. The molecular formula is C20H23N3O. The molecule has 3 rings (SSSR count). The molecule has 0 fully saturated rings. The van der Waals surface area contributed by atoms with Crippen LogP contribution < -0.4 is 5.56 Å². The second-order valence-electron chi connectivity index (χ2n) is 6.73. The summed E-state index contributed by atoms with van der Waals surface area (Å²) in [5.74, 6) is 0. The Morgan fingerprint density at radius 3 is 2.50 bits per heavy atom. The van der Waals surface area contributed by atoms with Gasteiger partial charge in [0.25, 0.3) is 5.56 Å². The maximum absolute atomic E-state index is 12.4. The number of rotatable bonds is 4. The molecule has 0 aliphatic carbocycles. The summed E-state index contributed by atoms with van der Waals surface area (Å²) in [5, 5.41) is 0. The topological polar surface area (TPSA) is 37.6 Å². The number of benzene rings is 1. The van der Waals surface area contributed by atoms with Crippen molar-refractivity contribution in [1.82, 2.24) is 14.3 Å². The van der Waals surface area contributed by atoms with Gasteiger partial charge in [-0.15, -0.1) is 0 Å². The molecule has 4 heteroatoms. The lowest BCUT2D eigenvalue weighted by atomic mass is 9.92. The predicted octanol–water partition coefficient (Wildman–Crippen LogP) is 3.37. The summed E-state index contributed by atoms with van der Waals surface area (Å²) in [6.45, 7) is 6.89. The van der Waals surface area contributed by atoms with Crippen LogP contribution in [0.2, 0.25) is 0 Å². The van der Waals surface area contributed by atoms with Crippen LogP contribution in [-0.4, -0.2) is 21.3 Å². The van der Waals surface area contributed by atoms with E-state index in [0.29, 0.717) is 12.2 Å². The molecule has 0 saturated heterocycles. The molecule has 2 aromatic heterocycles. The van der Waals surface area contributed by atoms with Gasteiger partial charge in [0.2, 0.25) is 0 Å². The summed E-state index contributed by atoms with van der Waals surface area (Å²) in [6.07, 6.45) is 0. The molecule has 0 atom stereocenters. The van der Waals surface area contributed by atoms with Crippen LogP contribution >= 0.6 is 0 Å². The van der Waals surface area contributed by atoms with Crippen LogP contribution in [0.1, 0.15) is 30.8 Å². The van der Waals surface area contributed by atoms with E-state index in [1.807, 2.05) is 43.3 Å². The first-order valence-electron chi connectivity index (χ1n) is 8.14. The fourth-order valence-corrected chi connectivity index (χ4v) is 2.95. The van der Waals surface area contributed by atoms with Gasteiger partial charge in [-0.25, -0.2) is 4.98 Å². The van der Waals surface area contributed by atoms with E-state index in [1.54, 1.807) is 10.5 Å². The van der Waals surface area contributed by atoms with Gasteiger partial charge < -0.3 is 0 Å². The van der Waals surface area contributed by atoms with Gasteiger partial charge in [0.15, 0.2) is 0 Å². The molecule has 0 saturated carbocycles. The van der Waals surface area contributed by atoms with Crippen LogP contribution in [0.4, 0.5) is 0 Å². The molecule has 0 amide bonds. The first kappa shape index (κ1) is 16.4. The van der Waals surface area contributed by atoms with Crippen LogP contribution in [0, 0.1) is 6.92 Å². The Balaban J connectivity index is 1.94. The Morgan fingerprint density at radius 1 is 1.08 bits per heavy atom. The van der Waals surface area contributed by atoms with Gasteiger partial charge in [0, 0.05) is 23.8 Å². The van der Waals surface area contributed by atoms with E-state index in [2.05, 4.69) is 42.9 Å². The van der Waals surface area contributed by atoms with Gasteiger partial charge in [-0.1, -0.05) is 36.4 Å². The van der Waals surface area contributed by atoms with E-state index in [0.717, 1.165) is 11.4 Å². The minimum Gasteiger partial charge on any atom is -0.291 e. The molecule has 0 spiro atoms. The smallest absolute Gasteiger partial charge is 0.258 e. The van der Waals surface area contributed by atoms with Crippen molar-refractivity contribution < 1.29 is 0 Å². The standard InChI is InChI=1S/C20H23N3O/c1-15-9-8-12-18-21-17(13-19(24)23(15)18)14-22(4)20(2,3)16-10-6-5-7-11-16/h5-13H,14H2,1-4H3. The zero-order valence-electron chi connectivity index (χ0n) is 14.7. The number of hydrogen-bond acceptors (Lipinski definition) is 3. The highest BCUT2D eigenvalue weighted by Crippen LogP contribution is 2.27. The van der Waals surface area contributed by atoms with Crippen molar-refractivity contribution in [2.45, 2.75) is 32.9 Å². The minimum absolute atomic E-state index is 0.0287. The normalized spacial score (nSPS) is 12.0. The second-order valence-corrected chi connectivity index (χ2v) is 6.73. The van der Waals surface area contributed by atoms with E-state index in [-0.39, 0.29) is 11.1 Å². The molecule has 3 aromatic rings. The summed E-state index contributed by atoms with van der Waals surface area (Å²) >= 11 is 0. The SMILES string of the molecule is Cc1cccc2nc(CN(C)C(C)(C)c3ccccc3)cc(=O)n12. The summed E-state index contributed by atoms with van der Waals surface area (Å²) < 4.78 is 1.64. The van der Waals surface area contributed by atoms with Crippen LogP contribution in [0.3, 0.4) is 0 Å². The van der Waals surface area contributed by atoms with E-state index in [1.165, 1.54) is 5.56 Å². The number of aryl methyl sites for hydroxylation is 1. The van der Waals surface area contributed by atoms with Crippen molar-refractivity contribution in [3.8, 4) is 0 Å². The molecule has 2 heterocycles. The predicted molar refractivity (Wildman–Crippen MR) is 97.1 cm³/mol. The molecular weight excluding hydrogens is 298 g/mol. The van der Waals surface area contributed by atoms with Crippen molar-refractivity contribution in [3.05, 3.63) is 81.9 Å². The van der Waals surface area contributed by atoms with Gasteiger partial charge in [0.1, 0.15) is 5.65 Å². The number of fused-ring (bicyclic) bond motifs is 1. The summed E-state index contributed by atoms with van der Waals surface area (Å²) in [7, 11) is 2.06. The fourth-order valence-electron chi connectivity index (χ4n) is 2.95. The van der Waals surface area contributed by atoms with Gasteiger partial charge in [-0.05, 0) is 45.5 Å². The average molecular weight is 321 g/mol. The maximum Gasteiger partial charge on any atom is 0.258 e. The number of nitrogens with zero attached hydrogens (tertiary/aromatic N) is 3. The Morgan fingerprint density at radius 2 is 1.79 bits per heavy atom. The van der Waals surface area contributed by atoms with Gasteiger partial charge in [-0.3, -0.25) is 14.1 Å². The van der Waals surface area contributed by atoms with E-state index in [9.17, 15) is 4.79 Å². The Bertz CT molecular complexity index is 913. The van der Waals surface area contributed by atoms with Gasteiger partial charge >= 0.3 is 0 Å². The van der Waals surface area contributed by atoms with E-state index in [4.69, 9.17) is 0 Å². The molecule has 1 aromatic carbocycles. The first-order chi connectivity index (χ1) is 11.4. The Kier molecular flexibility index (Phi) is 4.24. The first-order valence-corrected chi connectivity index (χ1v) is 8.14. The third-order valence-corrected chi connectivity index (χ3v) is 4.77. The van der Waals surface area contributed by atoms with Crippen LogP contribution in [0.5, 0.6) is 0 Å². The zero-order chi connectivity index (χ0) is 17.3. The Hall–Kier alpha value is -2.46. The molecule has 24 heavy (non-hydrogen) atoms. The Labute approximate surface area is 142 Å². The van der Waals surface area contributed by atoms with Crippen molar-refractivity contribution in [3.63, 3.8) is 0 Å². The fraction of sp³-hybridized carbons (Fsp3) is 0.300. The van der Waals surface area contributed by atoms with E-state index >= 15 is 0 Å². The monoisotopic (exact) mass is 321 g/mol. The lowest BCUT2D eigenvalue weighted by Gasteiger charge is -2.36. The number of aromatic nitrogens is 2. The second kappa shape index (κ2) is 6.21. The third-order valence-electron chi connectivity index (χ3n) is 4.77. The summed E-state index contributed by atoms with van der Waals surface area (Å²) in [6, 6.07) is 17.7. The van der Waals surface area contributed by atoms with Gasteiger partial charge in [0.05, 0.1) is 5.69 Å². The summed E-state index contributed by atoms with van der Waals surface area (Å²) in [5.41, 5.74) is 3.44. The van der Waals surface area contributed by atoms with E-state index < -0.39 is 0 Å². The molecule has 0 bridgehead atoms. The third kappa shape index (κ3) is 2.97. The highest BCUT2D eigenvalue weighted by Gasteiger charge is 2.26.